The first kappa shape index (κ1) is 16.2. The lowest BCUT2D eigenvalue weighted by Crippen LogP contribution is -2.53. The van der Waals surface area contributed by atoms with Crippen molar-refractivity contribution in [2.24, 2.45) is 0 Å². The standard InChI is InChI=1S/C17H29NO/c1-4-7-8-10-13-16(19)17(18(5-2)6-3)14-11-9-12-15-17/h9,11-12,14H,4-8,10,13,15H2,1-3H3. The van der Waals surface area contributed by atoms with Crippen LogP contribution in [0.2, 0.25) is 0 Å². The van der Waals surface area contributed by atoms with E-state index in [0.717, 1.165) is 25.9 Å². The van der Waals surface area contributed by atoms with E-state index in [1.165, 1.54) is 19.3 Å². The van der Waals surface area contributed by atoms with Gasteiger partial charge in [0.1, 0.15) is 5.54 Å². The Bertz CT molecular complexity index is 328. The third kappa shape index (κ3) is 4.04. The van der Waals surface area contributed by atoms with Crippen LogP contribution in [0.3, 0.4) is 0 Å². The molecule has 0 spiro atoms. The van der Waals surface area contributed by atoms with Gasteiger partial charge in [-0.1, -0.05) is 64.3 Å². The van der Waals surface area contributed by atoms with Gasteiger partial charge in [-0.3, -0.25) is 9.69 Å². The van der Waals surface area contributed by atoms with Crippen molar-refractivity contribution >= 4 is 5.78 Å². The number of hydrogen-bond donors (Lipinski definition) is 0. The molecule has 0 bridgehead atoms. The molecule has 1 aliphatic rings. The van der Waals surface area contributed by atoms with Crippen molar-refractivity contribution in [3.05, 3.63) is 24.3 Å². The van der Waals surface area contributed by atoms with E-state index in [2.05, 4.69) is 37.8 Å². The Morgan fingerprint density at radius 3 is 2.37 bits per heavy atom. The number of nitrogens with zero attached hydrogens (tertiary/aromatic N) is 1. The Kier molecular flexibility index (Phi) is 7.07. The summed E-state index contributed by atoms with van der Waals surface area (Å²) in [5.41, 5.74) is -0.371. The number of unbranched alkanes of at least 4 members (excludes halogenated alkanes) is 3. The number of carbonyl (C=O) groups excluding carboxylic acids is 1. The van der Waals surface area contributed by atoms with Crippen molar-refractivity contribution in [2.45, 2.75) is 64.8 Å². The number of allylic oxidation sites excluding steroid dienone is 2. The molecule has 2 heteroatoms. The van der Waals surface area contributed by atoms with Crippen LogP contribution < -0.4 is 0 Å². The van der Waals surface area contributed by atoms with Gasteiger partial charge in [0.2, 0.25) is 0 Å². The predicted molar refractivity (Wildman–Crippen MR) is 82.3 cm³/mol. The highest BCUT2D eigenvalue weighted by atomic mass is 16.1. The highest BCUT2D eigenvalue weighted by molar-refractivity contribution is 5.91. The predicted octanol–water partition coefficient (Wildman–Crippen LogP) is 4.12. The Morgan fingerprint density at radius 1 is 1.11 bits per heavy atom. The lowest BCUT2D eigenvalue weighted by atomic mass is 9.82. The summed E-state index contributed by atoms with van der Waals surface area (Å²) >= 11 is 0. The smallest absolute Gasteiger partial charge is 0.157 e. The lowest BCUT2D eigenvalue weighted by molar-refractivity contribution is -0.128. The van der Waals surface area contributed by atoms with Crippen LogP contribution in [0.25, 0.3) is 0 Å². The van der Waals surface area contributed by atoms with Crippen LogP contribution in [-0.4, -0.2) is 29.3 Å². The molecule has 0 aromatic heterocycles. The second kappa shape index (κ2) is 8.31. The molecule has 0 saturated heterocycles. The summed E-state index contributed by atoms with van der Waals surface area (Å²) in [6, 6.07) is 0. The van der Waals surface area contributed by atoms with E-state index in [1.807, 2.05) is 12.2 Å². The van der Waals surface area contributed by atoms with Crippen molar-refractivity contribution < 1.29 is 4.79 Å². The fourth-order valence-electron chi connectivity index (χ4n) is 2.94. The third-order valence-corrected chi connectivity index (χ3v) is 4.12. The number of Topliss-reactive ketones (excluding diaryl/α,β-unsaturated/α-hetero) is 1. The molecule has 2 nitrogen and oxygen atoms in total. The Morgan fingerprint density at radius 2 is 1.84 bits per heavy atom. The first-order valence-corrected chi connectivity index (χ1v) is 7.84. The van der Waals surface area contributed by atoms with E-state index in [1.54, 1.807) is 0 Å². The largest absolute Gasteiger partial charge is 0.297 e. The van der Waals surface area contributed by atoms with Crippen molar-refractivity contribution in [3.63, 3.8) is 0 Å². The average molecular weight is 263 g/mol. The molecule has 0 saturated carbocycles. The molecule has 0 radical (unpaired) electrons. The molecule has 108 valence electrons. The van der Waals surface area contributed by atoms with Gasteiger partial charge in [-0.2, -0.15) is 0 Å². The van der Waals surface area contributed by atoms with Gasteiger partial charge in [0, 0.05) is 6.42 Å². The molecule has 0 aromatic rings. The van der Waals surface area contributed by atoms with Crippen molar-refractivity contribution in [2.75, 3.05) is 13.1 Å². The quantitative estimate of drug-likeness (QED) is 0.583. The Hall–Kier alpha value is -0.890. The summed E-state index contributed by atoms with van der Waals surface area (Å²) in [7, 11) is 0. The fraction of sp³-hybridized carbons (Fsp3) is 0.706. The van der Waals surface area contributed by atoms with Gasteiger partial charge in [0.25, 0.3) is 0 Å². The number of likely N-dealkylation sites (N-methyl/N-ethyl adjacent to an activating group) is 1. The molecule has 0 N–H and O–H groups in total. The molecule has 1 unspecified atom stereocenters. The molecule has 1 rings (SSSR count). The minimum absolute atomic E-state index is 0.371. The van der Waals surface area contributed by atoms with E-state index in [-0.39, 0.29) is 5.54 Å². The first-order valence-electron chi connectivity index (χ1n) is 7.84. The van der Waals surface area contributed by atoms with E-state index in [4.69, 9.17) is 0 Å². The minimum Gasteiger partial charge on any atom is -0.297 e. The van der Waals surface area contributed by atoms with Crippen LogP contribution >= 0.6 is 0 Å². The summed E-state index contributed by atoms with van der Waals surface area (Å²) in [6.07, 6.45) is 14.5. The summed E-state index contributed by atoms with van der Waals surface area (Å²) in [5.74, 6) is 0.396. The number of ketones is 1. The molecule has 0 amide bonds. The lowest BCUT2D eigenvalue weighted by Gasteiger charge is -2.40. The van der Waals surface area contributed by atoms with Gasteiger partial charge >= 0.3 is 0 Å². The minimum atomic E-state index is -0.371. The number of rotatable bonds is 9. The maximum atomic E-state index is 12.7. The van der Waals surface area contributed by atoms with Crippen LogP contribution in [0.4, 0.5) is 0 Å². The molecule has 0 aromatic carbocycles. The van der Waals surface area contributed by atoms with Crippen molar-refractivity contribution in [1.82, 2.24) is 4.90 Å². The molecule has 1 atom stereocenters. The molecular weight excluding hydrogens is 234 g/mol. The number of carbonyl (C=O) groups is 1. The summed E-state index contributed by atoms with van der Waals surface area (Å²) in [6.45, 7) is 8.34. The van der Waals surface area contributed by atoms with Gasteiger partial charge in [0.05, 0.1) is 0 Å². The van der Waals surface area contributed by atoms with E-state index in [9.17, 15) is 4.79 Å². The van der Waals surface area contributed by atoms with Gasteiger partial charge in [0.15, 0.2) is 5.78 Å². The Labute approximate surface area is 118 Å². The molecule has 1 aliphatic carbocycles. The van der Waals surface area contributed by atoms with Crippen LogP contribution in [0, 0.1) is 0 Å². The first-order chi connectivity index (χ1) is 9.21. The molecular formula is C17H29NO. The SMILES string of the molecule is CCCCCCC(=O)C1(N(CC)CC)C=CC=CC1. The van der Waals surface area contributed by atoms with Gasteiger partial charge in [-0.25, -0.2) is 0 Å². The van der Waals surface area contributed by atoms with Crippen LogP contribution in [0.15, 0.2) is 24.3 Å². The average Bonchev–Trinajstić information content (AvgIpc) is 2.45. The molecule has 0 heterocycles. The summed E-state index contributed by atoms with van der Waals surface area (Å²) in [4.78, 5) is 15.0. The molecule has 0 aliphatic heterocycles. The zero-order chi connectivity index (χ0) is 14.1. The zero-order valence-electron chi connectivity index (χ0n) is 12.8. The third-order valence-electron chi connectivity index (χ3n) is 4.12. The maximum absolute atomic E-state index is 12.7. The molecule has 0 fully saturated rings. The topological polar surface area (TPSA) is 20.3 Å². The highest BCUT2D eigenvalue weighted by Crippen LogP contribution is 2.28. The van der Waals surface area contributed by atoms with Gasteiger partial charge in [-0.15, -0.1) is 0 Å². The molecule has 19 heavy (non-hydrogen) atoms. The second-order valence-corrected chi connectivity index (χ2v) is 5.32. The van der Waals surface area contributed by atoms with Gasteiger partial charge in [-0.05, 0) is 25.9 Å². The summed E-state index contributed by atoms with van der Waals surface area (Å²) in [5, 5.41) is 0. The monoisotopic (exact) mass is 263 g/mol. The van der Waals surface area contributed by atoms with Crippen molar-refractivity contribution in [1.29, 1.82) is 0 Å². The number of hydrogen-bond acceptors (Lipinski definition) is 2. The van der Waals surface area contributed by atoms with E-state index >= 15 is 0 Å². The maximum Gasteiger partial charge on any atom is 0.157 e. The second-order valence-electron chi connectivity index (χ2n) is 5.32. The summed E-state index contributed by atoms with van der Waals surface area (Å²) < 4.78 is 0. The van der Waals surface area contributed by atoms with Crippen LogP contribution in [0.1, 0.15) is 59.3 Å². The van der Waals surface area contributed by atoms with Gasteiger partial charge < -0.3 is 0 Å². The van der Waals surface area contributed by atoms with E-state index < -0.39 is 0 Å². The van der Waals surface area contributed by atoms with Crippen LogP contribution in [-0.2, 0) is 4.79 Å². The Balaban J connectivity index is 2.71. The van der Waals surface area contributed by atoms with E-state index in [0.29, 0.717) is 12.2 Å². The van der Waals surface area contributed by atoms with Crippen molar-refractivity contribution in [3.8, 4) is 0 Å². The highest BCUT2D eigenvalue weighted by Gasteiger charge is 2.39. The van der Waals surface area contributed by atoms with Crippen LogP contribution in [0.5, 0.6) is 0 Å². The zero-order valence-corrected chi connectivity index (χ0v) is 12.8. The normalized spacial score (nSPS) is 22.1. The fourth-order valence-corrected chi connectivity index (χ4v) is 2.94.